The molecule has 1 fully saturated rings. The van der Waals surface area contributed by atoms with E-state index in [4.69, 9.17) is 9.47 Å². The minimum Gasteiger partial charge on any atom is -0.465 e. The molecule has 2 aromatic carbocycles. The van der Waals surface area contributed by atoms with Crippen LogP contribution in [-0.2, 0) is 11.2 Å². The van der Waals surface area contributed by atoms with Gasteiger partial charge in [-0.05, 0) is 42.2 Å². The summed E-state index contributed by atoms with van der Waals surface area (Å²) in [7, 11) is 0. The topological polar surface area (TPSA) is 50.7 Å². The predicted molar refractivity (Wildman–Crippen MR) is 89.4 cm³/mol. The van der Waals surface area contributed by atoms with Crippen LogP contribution < -0.4 is 10.1 Å². The standard InChI is InChI=1S/C19H23NO3/c1-13-6-5-8-16(19-20-10-11-22-19)17(13)12-15-7-3-4-9-18(15)23-14(2)21/h3-9,14,19-21H,10-12H2,1-2H3. The van der Waals surface area contributed by atoms with Gasteiger partial charge in [-0.15, -0.1) is 0 Å². The molecule has 3 rings (SSSR count). The third kappa shape index (κ3) is 3.72. The average Bonchev–Trinajstić information content (AvgIpc) is 3.04. The lowest BCUT2D eigenvalue weighted by molar-refractivity contribution is -0.000933. The van der Waals surface area contributed by atoms with Crippen molar-refractivity contribution in [2.75, 3.05) is 13.2 Å². The number of aliphatic hydroxyl groups excluding tert-OH is 1. The fourth-order valence-electron chi connectivity index (χ4n) is 2.98. The number of para-hydroxylation sites is 1. The maximum atomic E-state index is 9.53. The Morgan fingerprint density at radius 2 is 2.09 bits per heavy atom. The first-order chi connectivity index (χ1) is 11.1. The molecule has 0 radical (unpaired) electrons. The van der Waals surface area contributed by atoms with E-state index in [1.54, 1.807) is 6.92 Å². The minimum atomic E-state index is -0.827. The zero-order chi connectivity index (χ0) is 16.2. The Kier molecular flexibility index (Phi) is 4.96. The van der Waals surface area contributed by atoms with Gasteiger partial charge in [0.2, 0.25) is 0 Å². The van der Waals surface area contributed by atoms with Gasteiger partial charge in [0.1, 0.15) is 12.0 Å². The lowest BCUT2D eigenvalue weighted by Crippen LogP contribution is -2.17. The first-order valence-electron chi connectivity index (χ1n) is 8.01. The highest BCUT2D eigenvalue weighted by Gasteiger charge is 2.21. The van der Waals surface area contributed by atoms with Crippen LogP contribution in [-0.4, -0.2) is 24.5 Å². The van der Waals surface area contributed by atoms with Crippen molar-refractivity contribution in [3.63, 3.8) is 0 Å². The molecule has 2 unspecified atom stereocenters. The molecule has 2 aromatic rings. The normalized spacial score (nSPS) is 18.8. The van der Waals surface area contributed by atoms with E-state index in [1.807, 2.05) is 24.3 Å². The second-order valence-corrected chi connectivity index (χ2v) is 5.85. The van der Waals surface area contributed by atoms with Crippen LogP contribution in [0, 0.1) is 6.92 Å². The van der Waals surface area contributed by atoms with E-state index in [2.05, 4.69) is 30.4 Å². The highest BCUT2D eigenvalue weighted by Crippen LogP contribution is 2.29. The lowest BCUT2D eigenvalue weighted by atomic mass is 9.94. The quantitative estimate of drug-likeness (QED) is 0.833. The summed E-state index contributed by atoms with van der Waals surface area (Å²) >= 11 is 0. The van der Waals surface area contributed by atoms with Crippen LogP contribution in [0.3, 0.4) is 0 Å². The van der Waals surface area contributed by atoms with Crippen LogP contribution in [0.2, 0.25) is 0 Å². The minimum absolute atomic E-state index is 0.0465. The van der Waals surface area contributed by atoms with Gasteiger partial charge in [0.05, 0.1) is 6.61 Å². The molecular weight excluding hydrogens is 290 g/mol. The zero-order valence-corrected chi connectivity index (χ0v) is 13.6. The third-order valence-corrected chi connectivity index (χ3v) is 4.08. The van der Waals surface area contributed by atoms with E-state index in [1.165, 1.54) is 16.7 Å². The first-order valence-corrected chi connectivity index (χ1v) is 8.01. The van der Waals surface area contributed by atoms with Crippen LogP contribution in [0.15, 0.2) is 42.5 Å². The molecular formula is C19H23NO3. The molecule has 23 heavy (non-hydrogen) atoms. The molecule has 0 aromatic heterocycles. The monoisotopic (exact) mass is 313 g/mol. The third-order valence-electron chi connectivity index (χ3n) is 4.08. The van der Waals surface area contributed by atoms with E-state index in [9.17, 15) is 5.11 Å². The van der Waals surface area contributed by atoms with Crippen molar-refractivity contribution in [1.82, 2.24) is 5.32 Å². The largest absolute Gasteiger partial charge is 0.465 e. The number of aryl methyl sites for hydroxylation is 1. The van der Waals surface area contributed by atoms with Crippen molar-refractivity contribution in [3.05, 3.63) is 64.7 Å². The fraction of sp³-hybridized carbons (Fsp3) is 0.368. The Hall–Kier alpha value is -1.88. The van der Waals surface area contributed by atoms with Gasteiger partial charge in [0.25, 0.3) is 0 Å². The molecule has 0 amide bonds. The molecule has 4 heteroatoms. The highest BCUT2D eigenvalue weighted by molar-refractivity contribution is 5.44. The molecule has 1 heterocycles. The average molecular weight is 313 g/mol. The number of benzene rings is 2. The zero-order valence-electron chi connectivity index (χ0n) is 13.6. The van der Waals surface area contributed by atoms with Crippen LogP contribution >= 0.6 is 0 Å². The van der Waals surface area contributed by atoms with E-state index in [0.717, 1.165) is 30.9 Å². The number of hydrogen-bond acceptors (Lipinski definition) is 4. The number of nitrogens with one attached hydrogen (secondary N) is 1. The Labute approximate surface area is 137 Å². The number of aliphatic hydroxyl groups is 1. The Bertz CT molecular complexity index is 663. The summed E-state index contributed by atoms with van der Waals surface area (Å²) in [6, 6.07) is 14.1. The van der Waals surface area contributed by atoms with Crippen LogP contribution in [0.25, 0.3) is 0 Å². The maximum absolute atomic E-state index is 9.53. The summed E-state index contributed by atoms with van der Waals surface area (Å²) < 4.78 is 11.3. The smallest absolute Gasteiger partial charge is 0.194 e. The Balaban J connectivity index is 1.94. The summed E-state index contributed by atoms with van der Waals surface area (Å²) in [5, 5.41) is 12.9. The summed E-state index contributed by atoms with van der Waals surface area (Å²) in [5.41, 5.74) is 4.71. The van der Waals surface area contributed by atoms with Gasteiger partial charge in [-0.2, -0.15) is 0 Å². The molecule has 2 N–H and O–H groups in total. The molecule has 0 bridgehead atoms. The second-order valence-electron chi connectivity index (χ2n) is 5.85. The SMILES string of the molecule is Cc1cccc(C2NCCO2)c1Cc1ccccc1OC(C)O. The molecule has 122 valence electrons. The summed E-state index contributed by atoms with van der Waals surface area (Å²) in [6.45, 7) is 5.34. The van der Waals surface area contributed by atoms with Crippen molar-refractivity contribution in [2.24, 2.45) is 0 Å². The molecule has 0 spiro atoms. The molecule has 0 aliphatic carbocycles. The maximum Gasteiger partial charge on any atom is 0.194 e. The van der Waals surface area contributed by atoms with Crippen LogP contribution in [0.4, 0.5) is 0 Å². The number of ether oxygens (including phenoxy) is 2. The molecule has 4 nitrogen and oxygen atoms in total. The summed E-state index contributed by atoms with van der Waals surface area (Å²) in [5.74, 6) is 0.719. The van der Waals surface area contributed by atoms with Crippen molar-refractivity contribution in [1.29, 1.82) is 0 Å². The summed E-state index contributed by atoms with van der Waals surface area (Å²) in [4.78, 5) is 0. The second kappa shape index (κ2) is 7.13. The molecule has 1 saturated heterocycles. The van der Waals surface area contributed by atoms with E-state index in [0.29, 0.717) is 0 Å². The van der Waals surface area contributed by atoms with Gasteiger partial charge in [-0.3, -0.25) is 5.32 Å². The van der Waals surface area contributed by atoms with Gasteiger partial charge in [-0.25, -0.2) is 0 Å². The van der Waals surface area contributed by atoms with E-state index in [-0.39, 0.29) is 6.23 Å². The first kappa shape index (κ1) is 16.0. The lowest BCUT2D eigenvalue weighted by Gasteiger charge is -2.19. The van der Waals surface area contributed by atoms with Crippen molar-refractivity contribution >= 4 is 0 Å². The van der Waals surface area contributed by atoms with E-state index < -0.39 is 6.29 Å². The van der Waals surface area contributed by atoms with Gasteiger partial charge >= 0.3 is 0 Å². The van der Waals surface area contributed by atoms with Gasteiger partial charge in [-0.1, -0.05) is 36.4 Å². The fourth-order valence-corrected chi connectivity index (χ4v) is 2.98. The van der Waals surface area contributed by atoms with Crippen LogP contribution in [0.5, 0.6) is 5.75 Å². The predicted octanol–water partition coefficient (Wildman–Crippen LogP) is 2.92. The van der Waals surface area contributed by atoms with Gasteiger partial charge < -0.3 is 14.6 Å². The van der Waals surface area contributed by atoms with Crippen LogP contribution in [0.1, 0.15) is 35.4 Å². The molecule has 1 aliphatic rings. The van der Waals surface area contributed by atoms with Gasteiger partial charge in [0.15, 0.2) is 6.29 Å². The van der Waals surface area contributed by atoms with Crippen molar-refractivity contribution in [3.8, 4) is 5.75 Å². The van der Waals surface area contributed by atoms with Crippen molar-refractivity contribution < 1.29 is 14.6 Å². The van der Waals surface area contributed by atoms with E-state index >= 15 is 0 Å². The Morgan fingerprint density at radius 1 is 1.26 bits per heavy atom. The number of hydrogen-bond donors (Lipinski definition) is 2. The molecule has 0 saturated carbocycles. The molecule has 1 aliphatic heterocycles. The van der Waals surface area contributed by atoms with Crippen molar-refractivity contribution in [2.45, 2.75) is 32.8 Å². The Morgan fingerprint density at radius 3 is 2.83 bits per heavy atom. The highest BCUT2D eigenvalue weighted by atomic mass is 16.6. The summed E-state index contributed by atoms with van der Waals surface area (Å²) in [6.07, 6.45) is -0.131. The number of rotatable bonds is 5. The van der Waals surface area contributed by atoms with Gasteiger partial charge in [0, 0.05) is 13.0 Å². The molecule has 2 atom stereocenters.